The van der Waals surface area contributed by atoms with E-state index in [0.29, 0.717) is 10.6 Å². The Morgan fingerprint density at radius 2 is 2.12 bits per heavy atom. The van der Waals surface area contributed by atoms with Gasteiger partial charge in [-0.15, -0.1) is 0 Å². The van der Waals surface area contributed by atoms with Gasteiger partial charge < -0.3 is 10.3 Å². The Labute approximate surface area is 102 Å². The van der Waals surface area contributed by atoms with Crippen molar-refractivity contribution in [3.63, 3.8) is 0 Å². The largest absolute Gasteiger partial charge is 0.335 e. The van der Waals surface area contributed by atoms with E-state index < -0.39 is 0 Å². The van der Waals surface area contributed by atoms with E-state index in [9.17, 15) is 4.79 Å². The number of benzene rings is 1. The number of nitrogens with one attached hydrogen (secondary N) is 2. The molecular formula is C11H7ClN4O. The van der Waals surface area contributed by atoms with Crippen LogP contribution in [0.3, 0.4) is 0 Å². The number of carbonyl (C=O) groups excluding carboxylic acids is 1. The highest BCUT2D eigenvalue weighted by atomic mass is 35.5. The van der Waals surface area contributed by atoms with Crippen molar-refractivity contribution >= 4 is 23.3 Å². The molecule has 1 heterocycles. The number of hydrogen-bond donors (Lipinski definition) is 2. The molecule has 2 N–H and O–H groups in total. The van der Waals surface area contributed by atoms with Crippen LogP contribution in [0.5, 0.6) is 0 Å². The number of carbonyl (C=O) groups is 1. The van der Waals surface area contributed by atoms with Crippen LogP contribution in [0.4, 0.5) is 5.82 Å². The van der Waals surface area contributed by atoms with Gasteiger partial charge in [0.2, 0.25) is 0 Å². The fourth-order valence-electron chi connectivity index (χ4n) is 1.26. The molecule has 2 rings (SSSR count). The molecule has 0 radical (unpaired) electrons. The lowest BCUT2D eigenvalue weighted by molar-refractivity contribution is 0.102. The first-order valence-corrected chi connectivity index (χ1v) is 5.09. The summed E-state index contributed by atoms with van der Waals surface area (Å²) in [6.45, 7) is 0. The summed E-state index contributed by atoms with van der Waals surface area (Å²) in [5.41, 5.74) is 0.661. The minimum atomic E-state index is -0.342. The van der Waals surface area contributed by atoms with Gasteiger partial charge in [-0.25, -0.2) is 4.98 Å². The lowest BCUT2D eigenvalue weighted by Crippen LogP contribution is -2.12. The predicted molar refractivity (Wildman–Crippen MR) is 62.7 cm³/mol. The van der Waals surface area contributed by atoms with Crippen LogP contribution in [0.1, 0.15) is 16.1 Å². The number of imidazole rings is 1. The van der Waals surface area contributed by atoms with Gasteiger partial charge in [0, 0.05) is 10.6 Å². The van der Waals surface area contributed by atoms with E-state index in [2.05, 4.69) is 15.3 Å². The molecule has 0 aliphatic heterocycles. The zero-order valence-corrected chi connectivity index (χ0v) is 9.32. The normalized spacial score (nSPS) is 9.65. The lowest BCUT2D eigenvalue weighted by Gasteiger charge is -2.02. The molecule has 0 spiro atoms. The minimum Gasteiger partial charge on any atom is -0.335 e. The van der Waals surface area contributed by atoms with E-state index >= 15 is 0 Å². The summed E-state index contributed by atoms with van der Waals surface area (Å²) >= 11 is 5.71. The van der Waals surface area contributed by atoms with Crippen molar-refractivity contribution in [1.82, 2.24) is 9.97 Å². The Balaban J connectivity index is 2.18. The van der Waals surface area contributed by atoms with Crippen LogP contribution in [0, 0.1) is 11.3 Å². The summed E-state index contributed by atoms with van der Waals surface area (Å²) in [6, 6.07) is 8.31. The van der Waals surface area contributed by atoms with Crippen molar-refractivity contribution in [3.8, 4) is 6.07 Å². The number of rotatable bonds is 2. The van der Waals surface area contributed by atoms with Gasteiger partial charge in [0.25, 0.3) is 5.91 Å². The van der Waals surface area contributed by atoms with Crippen LogP contribution in [0.15, 0.2) is 30.6 Å². The highest BCUT2D eigenvalue weighted by Gasteiger charge is 2.10. The summed E-state index contributed by atoms with van der Waals surface area (Å²) in [4.78, 5) is 18.2. The Bertz CT molecular complexity index is 582. The maximum absolute atomic E-state index is 11.8. The Hall–Kier alpha value is -2.32. The third kappa shape index (κ3) is 2.44. The molecule has 84 valence electrons. The molecule has 17 heavy (non-hydrogen) atoms. The summed E-state index contributed by atoms with van der Waals surface area (Å²) in [5.74, 6) is -0.127. The number of halogens is 1. The maximum atomic E-state index is 11.8. The maximum Gasteiger partial charge on any atom is 0.256 e. The number of amides is 1. The zero-order valence-electron chi connectivity index (χ0n) is 8.57. The molecule has 0 atom stereocenters. The van der Waals surface area contributed by atoms with Crippen molar-refractivity contribution in [2.75, 3.05) is 5.32 Å². The molecule has 2 aromatic rings. The molecule has 0 fully saturated rings. The standard InChI is InChI=1S/C11H7ClN4O/c12-8-3-1-7(2-4-8)11(17)16-10-9(5-13)14-6-15-10/h1-4,6H,(H,14,15)(H,16,17). The molecule has 5 nitrogen and oxygen atoms in total. The smallest absolute Gasteiger partial charge is 0.256 e. The third-order valence-corrected chi connectivity index (χ3v) is 2.34. The van der Waals surface area contributed by atoms with E-state index in [0.717, 1.165) is 0 Å². The fourth-order valence-corrected chi connectivity index (χ4v) is 1.38. The van der Waals surface area contributed by atoms with Crippen LogP contribution < -0.4 is 5.32 Å². The van der Waals surface area contributed by atoms with Crippen molar-refractivity contribution in [2.24, 2.45) is 0 Å². The van der Waals surface area contributed by atoms with Gasteiger partial charge in [0.1, 0.15) is 6.07 Å². The Kier molecular flexibility index (Phi) is 3.08. The van der Waals surface area contributed by atoms with Crippen LogP contribution >= 0.6 is 11.6 Å². The fraction of sp³-hybridized carbons (Fsp3) is 0. The summed E-state index contributed by atoms with van der Waals surface area (Å²) < 4.78 is 0. The van der Waals surface area contributed by atoms with Gasteiger partial charge in [-0.1, -0.05) is 11.6 Å². The highest BCUT2D eigenvalue weighted by molar-refractivity contribution is 6.30. The average molecular weight is 247 g/mol. The van der Waals surface area contributed by atoms with E-state index in [1.54, 1.807) is 24.3 Å². The van der Waals surface area contributed by atoms with Gasteiger partial charge in [-0.05, 0) is 24.3 Å². The Morgan fingerprint density at radius 3 is 2.76 bits per heavy atom. The molecule has 1 amide bonds. The van der Waals surface area contributed by atoms with Gasteiger partial charge >= 0.3 is 0 Å². The molecule has 0 saturated heterocycles. The molecule has 1 aromatic carbocycles. The van der Waals surface area contributed by atoms with Gasteiger partial charge in [0.15, 0.2) is 11.5 Å². The number of nitriles is 1. The second-order valence-electron chi connectivity index (χ2n) is 3.20. The van der Waals surface area contributed by atoms with E-state index in [-0.39, 0.29) is 17.4 Å². The molecule has 1 aromatic heterocycles. The molecular weight excluding hydrogens is 240 g/mol. The first-order valence-electron chi connectivity index (χ1n) is 4.71. The van der Waals surface area contributed by atoms with Crippen molar-refractivity contribution in [2.45, 2.75) is 0 Å². The van der Waals surface area contributed by atoms with Crippen LogP contribution in [-0.2, 0) is 0 Å². The number of hydrogen-bond acceptors (Lipinski definition) is 3. The summed E-state index contributed by atoms with van der Waals surface area (Å²) in [6.07, 6.45) is 1.34. The van der Waals surface area contributed by atoms with E-state index in [4.69, 9.17) is 16.9 Å². The lowest BCUT2D eigenvalue weighted by atomic mass is 10.2. The first-order chi connectivity index (χ1) is 8.20. The van der Waals surface area contributed by atoms with Crippen LogP contribution in [0.25, 0.3) is 0 Å². The molecule has 0 aliphatic rings. The number of aromatic amines is 1. The van der Waals surface area contributed by atoms with Crippen LogP contribution in [-0.4, -0.2) is 15.9 Å². The first kappa shape index (κ1) is 11.2. The highest BCUT2D eigenvalue weighted by Crippen LogP contribution is 2.12. The zero-order chi connectivity index (χ0) is 12.3. The third-order valence-electron chi connectivity index (χ3n) is 2.09. The monoisotopic (exact) mass is 246 g/mol. The Morgan fingerprint density at radius 1 is 1.41 bits per heavy atom. The minimum absolute atomic E-state index is 0.215. The second kappa shape index (κ2) is 4.68. The molecule has 0 aliphatic carbocycles. The van der Waals surface area contributed by atoms with E-state index in [1.807, 2.05) is 6.07 Å². The topological polar surface area (TPSA) is 81.6 Å². The molecule has 0 unspecified atom stereocenters. The number of anilines is 1. The molecule has 0 saturated carbocycles. The SMILES string of the molecule is N#Cc1[nH]cnc1NC(=O)c1ccc(Cl)cc1. The van der Waals surface area contributed by atoms with Gasteiger partial charge in [-0.3, -0.25) is 4.79 Å². The summed E-state index contributed by atoms with van der Waals surface area (Å²) in [7, 11) is 0. The molecule has 0 bridgehead atoms. The van der Waals surface area contributed by atoms with Crippen molar-refractivity contribution < 1.29 is 4.79 Å². The van der Waals surface area contributed by atoms with Crippen LogP contribution in [0.2, 0.25) is 5.02 Å². The van der Waals surface area contributed by atoms with Gasteiger partial charge in [-0.2, -0.15) is 5.26 Å². The average Bonchev–Trinajstić information content (AvgIpc) is 2.77. The van der Waals surface area contributed by atoms with Crippen molar-refractivity contribution in [1.29, 1.82) is 5.26 Å². The predicted octanol–water partition coefficient (Wildman–Crippen LogP) is 2.19. The number of H-pyrrole nitrogens is 1. The number of nitrogens with zero attached hydrogens (tertiary/aromatic N) is 2. The van der Waals surface area contributed by atoms with Crippen molar-refractivity contribution in [3.05, 3.63) is 46.9 Å². The number of aromatic nitrogens is 2. The van der Waals surface area contributed by atoms with Gasteiger partial charge in [0.05, 0.1) is 6.33 Å². The second-order valence-corrected chi connectivity index (χ2v) is 3.64. The van der Waals surface area contributed by atoms with E-state index in [1.165, 1.54) is 6.33 Å². The summed E-state index contributed by atoms with van der Waals surface area (Å²) in [5, 5.41) is 11.8. The quantitative estimate of drug-likeness (QED) is 0.852. The molecule has 6 heteroatoms.